The first-order valence-corrected chi connectivity index (χ1v) is 10.6. The SMILES string of the molecule is O=C(Nc1ccc(OC(F)(F)F)cc1)c1cccc([C@@H]2C[C@H]2NCC2CC2)c1.O=C(O)C(F)(F)F. The third kappa shape index (κ3) is 8.78. The van der Waals surface area contributed by atoms with Gasteiger partial charge in [-0.3, -0.25) is 4.79 Å². The van der Waals surface area contributed by atoms with Gasteiger partial charge in [-0.05, 0) is 73.7 Å². The first-order valence-electron chi connectivity index (χ1n) is 10.6. The quantitative estimate of drug-likeness (QED) is 0.444. The molecule has 12 heteroatoms. The topological polar surface area (TPSA) is 87.7 Å². The standard InChI is InChI=1S/C21H21F3N2O2.C2HF3O2/c22-21(23,24)28-17-8-6-16(7-9-17)26-20(27)15-3-1-2-14(10-15)18-11-19(18)25-12-13-4-5-13;3-2(4,5)1(6)7/h1-3,6-10,13,18-19,25H,4-5,11-12H2,(H,26,27);(H,6,7)/t18-,19+;/m0./s1. The minimum Gasteiger partial charge on any atom is -0.475 e. The van der Waals surface area contributed by atoms with Crippen molar-refractivity contribution in [3.05, 3.63) is 59.7 Å². The average molecular weight is 504 g/mol. The van der Waals surface area contributed by atoms with Crippen LogP contribution in [0, 0.1) is 5.92 Å². The second-order valence-corrected chi connectivity index (χ2v) is 8.25. The summed E-state index contributed by atoms with van der Waals surface area (Å²) >= 11 is 0. The molecule has 2 saturated carbocycles. The molecule has 35 heavy (non-hydrogen) atoms. The molecule has 0 saturated heterocycles. The smallest absolute Gasteiger partial charge is 0.475 e. The summed E-state index contributed by atoms with van der Waals surface area (Å²) in [6.45, 7) is 1.08. The number of hydrogen-bond acceptors (Lipinski definition) is 4. The van der Waals surface area contributed by atoms with E-state index in [2.05, 4.69) is 15.4 Å². The van der Waals surface area contributed by atoms with Crippen molar-refractivity contribution in [2.75, 3.05) is 11.9 Å². The van der Waals surface area contributed by atoms with Gasteiger partial charge in [0.1, 0.15) is 5.75 Å². The van der Waals surface area contributed by atoms with Crippen molar-refractivity contribution in [1.82, 2.24) is 5.32 Å². The van der Waals surface area contributed by atoms with E-state index in [1.54, 1.807) is 6.07 Å². The van der Waals surface area contributed by atoms with Gasteiger partial charge < -0.3 is 20.5 Å². The predicted molar refractivity (Wildman–Crippen MR) is 113 cm³/mol. The van der Waals surface area contributed by atoms with Crippen LogP contribution in [0.4, 0.5) is 32.0 Å². The number of ether oxygens (including phenoxy) is 1. The lowest BCUT2D eigenvalue weighted by Gasteiger charge is -2.10. The van der Waals surface area contributed by atoms with Crippen molar-refractivity contribution in [2.24, 2.45) is 5.92 Å². The molecular weight excluding hydrogens is 482 g/mol. The summed E-state index contributed by atoms with van der Waals surface area (Å²) in [4.78, 5) is 21.4. The van der Waals surface area contributed by atoms with Gasteiger partial charge in [-0.15, -0.1) is 13.2 Å². The van der Waals surface area contributed by atoms with Crippen molar-refractivity contribution >= 4 is 17.6 Å². The number of carbonyl (C=O) groups excluding carboxylic acids is 1. The maximum absolute atomic E-state index is 12.5. The molecule has 4 rings (SSSR count). The molecule has 0 radical (unpaired) electrons. The Morgan fingerprint density at radius 2 is 1.63 bits per heavy atom. The summed E-state index contributed by atoms with van der Waals surface area (Å²) in [6.07, 6.45) is -6.09. The van der Waals surface area contributed by atoms with Crippen molar-refractivity contribution in [3.8, 4) is 5.75 Å². The highest BCUT2D eigenvalue weighted by atomic mass is 19.4. The van der Waals surface area contributed by atoms with Crippen LogP contribution in [0.15, 0.2) is 48.5 Å². The Labute approximate surface area is 196 Å². The fraction of sp³-hybridized carbons (Fsp3) is 0.391. The Kier molecular flexibility index (Phi) is 7.93. The maximum atomic E-state index is 12.5. The monoisotopic (exact) mass is 504 g/mol. The fourth-order valence-electron chi connectivity index (χ4n) is 3.28. The molecule has 0 heterocycles. The highest BCUT2D eigenvalue weighted by Gasteiger charge is 2.39. The van der Waals surface area contributed by atoms with Crippen LogP contribution in [0.2, 0.25) is 0 Å². The third-order valence-corrected chi connectivity index (χ3v) is 5.32. The molecule has 2 aromatic carbocycles. The van der Waals surface area contributed by atoms with E-state index in [1.807, 2.05) is 18.2 Å². The number of amides is 1. The van der Waals surface area contributed by atoms with Crippen molar-refractivity contribution < 1.29 is 45.8 Å². The number of carboxylic acids is 1. The fourth-order valence-corrected chi connectivity index (χ4v) is 3.28. The predicted octanol–water partition coefficient (Wildman–Crippen LogP) is 5.33. The lowest BCUT2D eigenvalue weighted by atomic mass is 10.1. The van der Waals surface area contributed by atoms with Crippen LogP contribution in [0.25, 0.3) is 0 Å². The minimum absolute atomic E-state index is 0.297. The number of nitrogens with one attached hydrogen (secondary N) is 2. The molecule has 1 amide bonds. The van der Waals surface area contributed by atoms with Crippen LogP contribution >= 0.6 is 0 Å². The van der Waals surface area contributed by atoms with Crippen LogP contribution in [0.1, 0.15) is 41.1 Å². The van der Waals surface area contributed by atoms with Gasteiger partial charge in [-0.2, -0.15) is 13.2 Å². The van der Waals surface area contributed by atoms with E-state index in [0.29, 0.717) is 23.2 Å². The van der Waals surface area contributed by atoms with Gasteiger partial charge >= 0.3 is 18.5 Å². The zero-order valence-corrected chi connectivity index (χ0v) is 18.1. The molecule has 2 aromatic rings. The van der Waals surface area contributed by atoms with E-state index < -0.39 is 18.5 Å². The van der Waals surface area contributed by atoms with Gasteiger partial charge in [0.2, 0.25) is 0 Å². The van der Waals surface area contributed by atoms with E-state index in [0.717, 1.165) is 24.4 Å². The Bertz CT molecular complexity index is 1040. The number of hydrogen-bond donors (Lipinski definition) is 3. The molecule has 0 bridgehead atoms. The molecule has 2 aliphatic carbocycles. The number of anilines is 1. The van der Waals surface area contributed by atoms with Gasteiger partial charge in [-0.1, -0.05) is 12.1 Å². The van der Waals surface area contributed by atoms with E-state index in [1.165, 1.54) is 37.1 Å². The molecular formula is C23H22F6N2O4. The molecule has 0 aromatic heterocycles. The first-order chi connectivity index (χ1) is 16.3. The van der Waals surface area contributed by atoms with Crippen molar-refractivity contribution in [1.29, 1.82) is 0 Å². The minimum atomic E-state index is -5.08. The van der Waals surface area contributed by atoms with E-state index in [-0.39, 0.29) is 11.7 Å². The molecule has 2 atom stereocenters. The largest absolute Gasteiger partial charge is 0.573 e. The molecule has 6 nitrogen and oxygen atoms in total. The molecule has 190 valence electrons. The zero-order valence-electron chi connectivity index (χ0n) is 18.1. The molecule has 3 N–H and O–H groups in total. The van der Waals surface area contributed by atoms with Gasteiger partial charge in [-0.25, -0.2) is 4.79 Å². The van der Waals surface area contributed by atoms with Gasteiger partial charge in [0.25, 0.3) is 5.91 Å². The van der Waals surface area contributed by atoms with Crippen LogP contribution in [0.3, 0.4) is 0 Å². The highest BCUT2D eigenvalue weighted by Crippen LogP contribution is 2.42. The van der Waals surface area contributed by atoms with Crippen molar-refractivity contribution in [2.45, 2.75) is 43.8 Å². The Morgan fingerprint density at radius 3 is 2.17 bits per heavy atom. The summed E-state index contributed by atoms with van der Waals surface area (Å²) in [5, 5.41) is 13.4. The number of benzene rings is 2. The van der Waals surface area contributed by atoms with Gasteiger partial charge in [0.05, 0.1) is 0 Å². The molecule has 0 aliphatic heterocycles. The Balaban J connectivity index is 0.000000429. The highest BCUT2D eigenvalue weighted by molar-refractivity contribution is 6.04. The summed E-state index contributed by atoms with van der Waals surface area (Å²) < 4.78 is 72.2. The zero-order chi connectivity index (χ0) is 25.8. The average Bonchev–Trinajstić information content (AvgIpc) is 3.67. The van der Waals surface area contributed by atoms with Crippen molar-refractivity contribution in [3.63, 3.8) is 0 Å². The second kappa shape index (κ2) is 10.5. The molecule has 0 unspecified atom stereocenters. The van der Waals surface area contributed by atoms with E-state index in [9.17, 15) is 31.1 Å². The maximum Gasteiger partial charge on any atom is 0.573 e. The number of aliphatic carboxylic acids is 1. The Hall–Kier alpha value is -3.28. The van der Waals surface area contributed by atoms with Gasteiger partial charge in [0.15, 0.2) is 0 Å². The molecule has 0 spiro atoms. The number of carbonyl (C=O) groups is 2. The summed E-state index contributed by atoms with van der Waals surface area (Å²) in [5.41, 5.74) is 2.07. The van der Waals surface area contributed by atoms with Crippen LogP contribution in [-0.4, -0.2) is 42.1 Å². The van der Waals surface area contributed by atoms with Crippen LogP contribution < -0.4 is 15.4 Å². The van der Waals surface area contributed by atoms with Crippen LogP contribution in [0.5, 0.6) is 5.75 Å². The number of alkyl halides is 6. The van der Waals surface area contributed by atoms with Gasteiger partial charge in [0, 0.05) is 23.2 Å². The third-order valence-electron chi connectivity index (χ3n) is 5.32. The summed E-state index contributed by atoms with van der Waals surface area (Å²) in [7, 11) is 0. The normalized spacial score (nSPS) is 19.3. The van der Waals surface area contributed by atoms with E-state index >= 15 is 0 Å². The number of carboxylic acid groups (broad SMARTS) is 1. The molecule has 2 fully saturated rings. The first kappa shape index (κ1) is 26.3. The number of halogens is 6. The lowest BCUT2D eigenvalue weighted by molar-refractivity contribution is -0.274. The Morgan fingerprint density at radius 1 is 1.00 bits per heavy atom. The summed E-state index contributed by atoms with van der Waals surface area (Å²) in [6, 6.07) is 13.1. The summed E-state index contributed by atoms with van der Waals surface area (Å²) in [5.74, 6) is -2.11. The molecule has 2 aliphatic rings. The second-order valence-electron chi connectivity index (χ2n) is 8.25. The number of rotatable bonds is 7. The van der Waals surface area contributed by atoms with Crippen LogP contribution in [-0.2, 0) is 4.79 Å². The lowest BCUT2D eigenvalue weighted by Crippen LogP contribution is -2.21. The van der Waals surface area contributed by atoms with E-state index in [4.69, 9.17) is 9.90 Å².